The second-order valence-corrected chi connectivity index (χ2v) is 6.33. The van der Waals surface area contributed by atoms with E-state index in [2.05, 4.69) is 0 Å². The molecule has 3 rings (SSSR count). The Morgan fingerprint density at radius 1 is 0.769 bits per heavy atom. The lowest BCUT2D eigenvalue weighted by Gasteiger charge is -2.36. The number of carbonyl (C=O) groups excluding carboxylic acids is 1. The molecule has 0 saturated heterocycles. The minimum atomic E-state index is -1.02. The van der Waals surface area contributed by atoms with Crippen molar-refractivity contribution in [1.82, 2.24) is 0 Å². The van der Waals surface area contributed by atoms with Crippen LogP contribution in [-0.2, 0) is 10.2 Å². The van der Waals surface area contributed by atoms with Crippen LogP contribution in [0.3, 0.4) is 0 Å². The maximum atomic E-state index is 13.7. The largest absolute Gasteiger partial charge is 0.396 e. The van der Waals surface area contributed by atoms with Crippen LogP contribution in [0, 0.1) is 0 Å². The van der Waals surface area contributed by atoms with Crippen LogP contribution >= 0.6 is 0 Å². The first kappa shape index (κ1) is 18.1. The van der Waals surface area contributed by atoms with Gasteiger partial charge in [0.25, 0.3) is 0 Å². The molecule has 3 aromatic rings. The maximum absolute atomic E-state index is 13.7. The quantitative estimate of drug-likeness (QED) is 0.646. The van der Waals surface area contributed by atoms with E-state index in [1.54, 1.807) is 0 Å². The van der Waals surface area contributed by atoms with Gasteiger partial charge in [-0.1, -0.05) is 91.0 Å². The Kier molecular flexibility index (Phi) is 5.61. The van der Waals surface area contributed by atoms with Gasteiger partial charge in [-0.2, -0.15) is 0 Å². The van der Waals surface area contributed by atoms with Gasteiger partial charge in [-0.3, -0.25) is 4.79 Å². The van der Waals surface area contributed by atoms with Crippen LogP contribution in [0.2, 0.25) is 0 Å². The number of nitrogens with two attached hydrogens (primary N) is 1. The third-order valence-electron chi connectivity index (χ3n) is 4.77. The van der Waals surface area contributed by atoms with E-state index in [1.165, 1.54) is 0 Å². The van der Waals surface area contributed by atoms with Crippen LogP contribution in [-0.4, -0.2) is 23.5 Å². The molecule has 0 aromatic heterocycles. The van der Waals surface area contributed by atoms with Crippen molar-refractivity contribution in [2.75, 3.05) is 6.61 Å². The summed E-state index contributed by atoms with van der Waals surface area (Å²) in [6, 6.07) is 28.4. The van der Waals surface area contributed by atoms with Gasteiger partial charge in [0.2, 0.25) is 0 Å². The number of hydrogen-bond acceptors (Lipinski definition) is 3. The van der Waals surface area contributed by atoms with Crippen molar-refractivity contribution in [3.8, 4) is 0 Å². The number of benzene rings is 3. The lowest BCUT2D eigenvalue weighted by molar-refractivity contribution is -0.123. The number of Topliss-reactive ketones (excluding diaryl/α,β-unsaturated/α-hetero) is 1. The topological polar surface area (TPSA) is 63.3 Å². The molecule has 0 spiro atoms. The van der Waals surface area contributed by atoms with Gasteiger partial charge in [0, 0.05) is 6.61 Å². The van der Waals surface area contributed by atoms with E-state index in [0.717, 1.165) is 16.7 Å². The van der Waals surface area contributed by atoms with E-state index >= 15 is 0 Å². The molecule has 3 aromatic carbocycles. The summed E-state index contributed by atoms with van der Waals surface area (Å²) in [6.45, 7) is -0.124. The monoisotopic (exact) mass is 345 g/mol. The lowest BCUT2D eigenvalue weighted by atomic mass is 9.65. The molecule has 26 heavy (non-hydrogen) atoms. The number of carbonyl (C=O) groups is 1. The number of aliphatic hydroxyl groups excluding tert-OH is 1. The van der Waals surface area contributed by atoms with Gasteiger partial charge in [-0.15, -0.1) is 0 Å². The summed E-state index contributed by atoms with van der Waals surface area (Å²) in [5.74, 6) is -0.116. The van der Waals surface area contributed by atoms with Gasteiger partial charge in [0.05, 0.1) is 6.04 Å². The molecule has 0 aliphatic heterocycles. The summed E-state index contributed by atoms with van der Waals surface area (Å²) < 4.78 is 0. The predicted octanol–water partition coefficient (Wildman–Crippen LogP) is 3.30. The van der Waals surface area contributed by atoms with Crippen LogP contribution in [0.4, 0.5) is 0 Å². The Balaban J connectivity index is 2.34. The molecule has 0 radical (unpaired) electrons. The third-order valence-corrected chi connectivity index (χ3v) is 4.77. The van der Waals surface area contributed by atoms with Gasteiger partial charge >= 0.3 is 0 Å². The van der Waals surface area contributed by atoms with Gasteiger partial charge in [0.15, 0.2) is 5.78 Å². The average Bonchev–Trinajstić information content (AvgIpc) is 2.71. The summed E-state index contributed by atoms with van der Waals surface area (Å²) in [5, 5.41) is 9.33. The zero-order valence-electron chi connectivity index (χ0n) is 14.6. The molecule has 0 heterocycles. The summed E-state index contributed by atoms with van der Waals surface area (Å²) in [6.07, 6.45) is 0.229. The second kappa shape index (κ2) is 8.09. The molecule has 3 nitrogen and oxygen atoms in total. The van der Waals surface area contributed by atoms with Crippen molar-refractivity contribution in [3.63, 3.8) is 0 Å². The predicted molar refractivity (Wildman–Crippen MR) is 104 cm³/mol. The fourth-order valence-electron chi connectivity index (χ4n) is 3.54. The average molecular weight is 345 g/mol. The highest BCUT2D eigenvalue weighted by Gasteiger charge is 2.45. The summed E-state index contributed by atoms with van der Waals surface area (Å²) in [5.41, 5.74) is 7.81. The standard InChI is InChI=1S/C23H23NO2/c24-21(16-17-25)22(26)23(18-10-4-1-5-11-18,19-12-6-2-7-13-19)20-14-8-3-9-15-20/h1-15,21,25H,16-17,24H2/t21-/m0/s1. The van der Waals surface area contributed by atoms with Crippen LogP contribution in [0.25, 0.3) is 0 Å². The second-order valence-electron chi connectivity index (χ2n) is 6.33. The minimum absolute atomic E-state index is 0.116. The molecule has 0 fully saturated rings. The highest BCUT2D eigenvalue weighted by Crippen LogP contribution is 2.40. The molecule has 3 heteroatoms. The first-order chi connectivity index (χ1) is 12.7. The van der Waals surface area contributed by atoms with Gasteiger partial charge in [-0.25, -0.2) is 0 Å². The fourth-order valence-corrected chi connectivity index (χ4v) is 3.54. The van der Waals surface area contributed by atoms with Crippen LogP contribution in [0.1, 0.15) is 23.1 Å². The Bertz CT molecular complexity index is 735. The van der Waals surface area contributed by atoms with E-state index < -0.39 is 11.5 Å². The molecule has 0 amide bonds. The van der Waals surface area contributed by atoms with Crippen molar-refractivity contribution >= 4 is 5.78 Å². The smallest absolute Gasteiger partial charge is 0.168 e. The minimum Gasteiger partial charge on any atom is -0.396 e. The fraction of sp³-hybridized carbons (Fsp3) is 0.174. The molecule has 0 saturated carbocycles. The van der Waals surface area contributed by atoms with Crippen molar-refractivity contribution in [2.45, 2.75) is 17.9 Å². The Morgan fingerprint density at radius 2 is 1.12 bits per heavy atom. The Morgan fingerprint density at radius 3 is 1.42 bits per heavy atom. The SMILES string of the molecule is N[C@@H](CCO)C(=O)C(c1ccccc1)(c1ccccc1)c1ccccc1. The molecule has 132 valence electrons. The van der Waals surface area contributed by atoms with Crippen LogP contribution in [0.15, 0.2) is 91.0 Å². The molecule has 0 bridgehead atoms. The van der Waals surface area contributed by atoms with Gasteiger partial charge in [0.1, 0.15) is 5.41 Å². The van der Waals surface area contributed by atoms with Crippen LogP contribution in [0.5, 0.6) is 0 Å². The Labute approximate surface area is 154 Å². The Hall–Kier alpha value is -2.75. The molecule has 0 unspecified atom stereocenters. The number of rotatable bonds is 7. The molecular weight excluding hydrogens is 322 g/mol. The van der Waals surface area contributed by atoms with Gasteiger partial charge < -0.3 is 10.8 Å². The van der Waals surface area contributed by atoms with Crippen molar-refractivity contribution in [1.29, 1.82) is 0 Å². The summed E-state index contributed by atoms with van der Waals surface area (Å²) in [4.78, 5) is 13.7. The van der Waals surface area contributed by atoms with E-state index in [9.17, 15) is 9.90 Å². The van der Waals surface area contributed by atoms with E-state index in [-0.39, 0.29) is 18.8 Å². The zero-order valence-corrected chi connectivity index (χ0v) is 14.6. The molecule has 1 atom stereocenters. The van der Waals surface area contributed by atoms with Crippen LogP contribution < -0.4 is 5.73 Å². The summed E-state index contributed by atoms with van der Waals surface area (Å²) >= 11 is 0. The number of ketones is 1. The normalized spacial score (nSPS) is 12.5. The lowest BCUT2D eigenvalue weighted by Crippen LogP contribution is -2.48. The first-order valence-corrected chi connectivity index (χ1v) is 8.78. The first-order valence-electron chi connectivity index (χ1n) is 8.78. The van der Waals surface area contributed by atoms with E-state index in [0.29, 0.717) is 0 Å². The summed E-state index contributed by atoms with van der Waals surface area (Å²) in [7, 11) is 0. The van der Waals surface area contributed by atoms with Crippen molar-refractivity contribution in [2.24, 2.45) is 5.73 Å². The molecule has 3 N–H and O–H groups in total. The van der Waals surface area contributed by atoms with E-state index in [1.807, 2.05) is 91.0 Å². The van der Waals surface area contributed by atoms with E-state index in [4.69, 9.17) is 5.73 Å². The highest BCUT2D eigenvalue weighted by molar-refractivity contribution is 6.01. The number of aliphatic hydroxyl groups is 1. The zero-order chi connectivity index (χ0) is 18.4. The number of hydrogen-bond donors (Lipinski definition) is 2. The van der Waals surface area contributed by atoms with Gasteiger partial charge in [-0.05, 0) is 23.1 Å². The van der Waals surface area contributed by atoms with Crippen molar-refractivity contribution in [3.05, 3.63) is 108 Å². The highest BCUT2D eigenvalue weighted by atomic mass is 16.3. The van der Waals surface area contributed by atoms with Crippen molar-refractivity contribution < 1.29 is 9.90 Å². The molecule has 0 aliphatic rings. The third kappa shape index (κ3) is 3.19. The molecule has 0 aliphatic carbocycles. The molecular formula is C23H23NO2. The maximum Gasteiger partial charge on any atom is 0.168 e.